The van der Waals surface area contributed by atoms with Crippen molar-refractivity contribution in [2.45, 2.75) is 20.0 Å². The standard InChI is InChI=1S/C19H16Cl2N2O3/c1-11(2)26-17-15(20)9-12(10-16(17)21)8-14-18(24)22-23(19(14)25)13-6-4-3-5-7-13/h3-11H,1-2H3,(H,22,24)/b14-8-. The van der Waals surface area contributed by atoms with Crippen LogP contribution in [0.1, 0.15) is 19.4 Å². The Bertz CT molecular complexity index is 872. The van der Waals surface area contributed by atoms with E-state index in [2.05, 4.69) is 5.43 Å². The molecule has 0 aromatic heterocycles. The molecule has 0 atom stereocenters. The maximum Gasteiger partial charge on any atom is 0.282 e. The van der Waals surface area contributed by atoms with Gasteiger partial charge in [0, 0.05) is 0 Å². The van der Waals surface area contributed by atoms with E-state index < -0.39 is 11.8 Å². The minimum absolute atomic E-state index is 0.00138. The van der Waals surface area contributed by atoms with Crippen LogP contribution in [0, 0.1) is 0 Å². The number of nitrogens with zero attached hydrogens (tertiary/aromatic N) is 1. The van der Waals surface area contributed by atoms with Crippen LogP contribution in [0.25, 0.3) is 6.08 Å². The fraction of sp³-hybridized carbons (Fsp3) is 0.158. The van der Waals surface area contributed by atoms with Gasteiger partial charge in [-0.05, 0) is 49.8 Å². The largest absolute Gasteiger partial charge is 0.488 e. The number of hydrogen-bond donors (Lipinski definition) is 1. The maximum absolute atomic E-state index is 12.6. The average molecular weight is 391 g/mol. The van der Waals surface area contributed by atoms with Crippen LogP contribution in [0.4, 0.5) is 5.69 Å². The van der Waals surface area contributed by atoms with Crippen molar-refractivity contribution < 1.29 is 14.3 Å². The molecular formula is C19H16Cl2N2O3. The Morgan fingerprint density at radius 3 is 2.27 bits per heavy atom. The molecular weight excluding hydrogens is 375 g/mol. The topological polar surface area (TPSA) is 58.6 Å². The molecule has 3 rings (SSSR count). The third-order valence-electron chi connectivity index (χ3n) is 3.59. The zero-order valence-corrected chi connectivity index (χ0v) is 15.6. The van der Waals surface area contributed by atoms with Crippen LogP contribution in [-0.4, -0.2) is 17.9 Å². The van der Waals surface area contributed by atoms with Gasteiger partial charge in [-0.2, -0.15) is 0 Å². The highest BCUT2D eigenvalue weighted by molar-refractivity contribution is 6.37. The van der Waals surface area contributed by atoms with Crippen LogP contribution in [-0.2, 0) is 9.59 Å². The first-order valence-corrected chi connectivity index (χ1v) is 8.70. The molecule has 1 saturated heterocycles. The van der Waals surface area contributed by atoms with Crippen LogP contribution in [0.3, 0.4) is 0 Å². The van der Waals surface area contributed by atoms with Crippen LogP contribution in [0.15, 0.2) is 48.0 Å². The first kappa shape index (κ1) is 18.3. The second-order valence-corrected chi connectivity index (χ2v) is 6.77. The Hall–Kier alpha value is -2.50. The van der Waals surface area contributed by atoms with E-state index in [0.29, 0.717) is 27.0 Å². The number of hydrazine groups is 1. The molecule has 1 aliphatic rings. The van der Waals surface area contributed by atoms with Gasteiger partial charge in [0.15, 0.2) is 5.75 Å². The van der Waals surface area contributed by atoms with Crippen molar-refractivity contribution in [2.24, 2.45) is 0 Å². The lowest BCUT2D eigenvalue weighted by atomic mass is 10.1. The third-order valence-corrected chi connectivity index (χ3v) is 4.15. The summed E-state index contributed by atoms with van der Waals surface area (Å²) >= 11 is 12.5. The molecule has 0 bridgehead atoms. The lowest BCUT2D eigenvalue weighted by Gasteiger charge is -2.14. The molecule has 5 nitrogen and oxygen atoms in total. The summed E-state index contributed by atoms with van der Waals surface area (Å²) in [6.07, 6.45) is 1.37. The summed E-state index contributed by atoms with van der Waals surface area (Å²) in [5, 5.41) is 1.82. The van der Waals surface area contributed by atoms with Crippen molar-refractivity contribution in [2.75, 3.05) is 5.01 Å². The smallest absolute Gasteiger partial charge is 0.282 e. The van der Waals surface area contributed by atoms with Gasteiger partial charge in [-0.25, -0.2) is 5.01 Å². The third kappa shape index (κ3) is 3.69. The minimum Gasteiger partial charge on any atom is -0.488 e. The van der Waals surface area contributed by atoms with Gasteiger partial charge in [-0.15, -0.1) is 0 Å². The number of amides is 2. The molecule has 26 heavy (non-hydrogen) atoms. The molecule has 0 radical (unpaired) electrons. The second-order valence-electron chi connectivity index (χ2n) is 5.96. The molecule has 2 aromatic rings. The van der Waals surface area contributed by atoms with E-state index in [9.17, 15) is 9.59 Å². The summed E-state index contributed by atoms with van der Waals surface area (Å²) in [5.74, 6) is -0.567. The van der Waals surface area contributed by atoms with Gasteiger partial charge >= 0.3 is 0 Å². The van der Waals surface area contributed by atoms with Crippen molar-refractivity contribution in [1.29, 1.82) is 0 Å². The molecule has 0 aliphatic carbocycles. The van der Waals surface area contributed by atoms with Crippen LogP contribution in [0.2, 0.25) is 10.0 Å². The van der Waals surface area contributed by atoms with Gasteiger partial charge in [-0.3, -0.25) is 15.0 Å². The normalized spacial score (nSPS) is 15.7. The summed E-state index contributed by atoms with van der Waals surface area (Å²) in [6.45, 7) is 3.73. The zero-order chi connectivity index (χ0) is 18.8. The Kier molecular flexibility index (Phi) is 5.20. The van der Waals surface area contributed by atoms with Crippen LogP contribution in [0.5, 0.6) is 5.75 Å². The number of halogens is 2. The Labute approximate surface area is 161 Å². The van der Waals surface area contributed by atoms with E-state index in [4.69, 9.17) is 27.9 Å². The van der Waals surface area contributed by atoms with Gasteiger partial charge in [0.1, 0.15) is 5.57 Å². The molecule has 1 N–H and O–H groups in total. The van der Waals surface area contributed by atoms with Crippen molar-refractivity contribution in [1.82, 2.24) is 5.43 Å². The molecule has 1 fully saturated rings. The van der Waals surface area contributed by atoms with E-state index in [-0.39, 0.29) is 11.7 Å². The molecule has 134 valence electrons. The van der Waals surface area contributed by atoms with E-state index in [0.717, 1.165) is 0 Å². The van der Waals surface area contributed by atoms with Crippen molar-refractivity contribution >= 4 is 46.8 Å². The average Bonchev–Trinajstić information content (AvgIpc) is 2.87. The van der Waals surface area contributed by atoms with Gasteiger partial charge in [-0.1, -0.05) is 41.4 Å². The number of benzene rings is 2. The molecule has 0 unspecified atom stereocenters. The van der Waals surface area contributed by atoms with Crippen LogP contribution < -0.4 is 15.2 Å². The predicted molar refractivity (Wildman–Crippen MR) is 102 cm³/mol. The van der Waals surface area contributed by atoms with Gasteiger partial charge in [0.05, 0.1) is 21.8 Å². The summed E-state index contributed by atoms with van der Waals surface area (Å²) in [6, 6.07) is 12.0. The lowest BCUT2D eigenvalue weighted by Crippen LogP contribution is -2.35. The van der Waals surface area contributed by atoms with Gasteiger partial charge in [0.25, 0.3) is 11.8 Å². The first-order chi connectivity index (χ1) is 12.4. The number of para-hydroxylation sites is 1. The SMILES string of the molecule is CC(C)Oc1c(Cl)cc(/C=C2/C(=O)NN(c3ccccc3)C2=O)cc1Cl. The van der Waals surface area contributed by atoms with Crippen molar-refractivity contribution in [3.8, 4) is 5.75 Å². The van der Waals surface area contributed by atoms with E-state index >= 15 is 0 Å². The minimum atomic E-state index is -0.492. The highest BCUT2D eigenvalue weighted by Crippen LogP contribution is 2.36. The molecule has 0 spiro atoms. The van der Waals surface area contributed by atoms with E-state index in [1.807, 2.05) is 19.9 Å². The zero-order valence-electron chi connectivity index (χ0n) is 14.1. The summed E-state index contributed by atoms with van der Waals surface area (Å²) in [7, 11) is 0. The van der Waals surface area contributed by atoms with Crippen molar-refractivity contribution in [3.63, 3.8) is 0 Å². The Morgan fingerprint density at radius 2 is 1.69 bits per heavy atom. The fourth-order valence-electron chi connectivity index (χ4n) is 2.49. The number of ether oxygens (including phenoxy) is 1. The molecule has 7 heteroatoms. The lowest BCUT2D eigenvalue weighted by molar-refractivity contribution is -0.117. The van der Waals surface area contributed by atoms with Gasteiger partial charge < -0.3 is 4.74 Å². The summed E-state index contributed by atoms with van der Waals surface area (Å²) < 4.78 is 5.58. The summed E-state index contributed by atoms with van der Waals surface area (Å²) in [4.78, 5) is 24.8. The highest BCUT2D eigenvalue weighted by atomic mass is 35.5. The number of carbonyl (C=O) groups is 2. The monoisotopic (exact) mass is 390 g/mol. The number of nitrogens with one attached hydrogen (secondary N) is 1. The second kappa shape index (κ2) is 7.40. The maximum atomic E-state index is 12.6. The number of carbonyl (C=O) groups excluding carboxylic acids is 2. The predicted octanol–water partition coefficient (Wildman–Crippen LogP) is 4.24. The first-order valence-electron chi connectivity index (χ1n) is 7.94. The van der Waals surface area contributed by atoms with Crippen molar-refractivity contribution in [3.05, 3.63) is 63.6 Å². The van der Waals surface area contributed by atoms with Gasteiger partial charge in [0.2, 0.25) is 0 Å². The number of rotatable bonds is 4. The molecule has 2 amide bonds. The quantitative estimate of drug-likeness (QED) is 0.627. The van der Waals surface area contributed by atoms with Crippen LogP contribution >= 0.6 is 23.2 Å². The molecule has 1 heterocycles. The molecule has 2 aromatic carbocycles. The highest BCUT2D eigenvalue weighted by Gasteiger charge is 2.34. The molecule has 0 saturated carbocycles. The van der Waals surface area contributed by atoms with E-state index in [1.54, 1.807) is 36.4 Å². The Morgan fingerprint density at radius 1 is 1.08 bits per heavy atom. The number of anilines is 1. The Balaban J connectivity index is 1.93. The van der Waals surface area contributed by atoms with E-state index in [1.165, 1.54) is 11.1 Å². The molecule has 1 aliphatic heterocycles. The number of hydrogen-bond acceptors (Lipinski definition) is 3. The summed E-state index contributed by atoms with van der Waals surface area (Å²) in [5.41, 5.74) is 3.65. The fourth-order valence-corrected chi connectivity index (χ4v) is 3.09.